The van der Waals surface area contributed by atoms with E-state index in [9.17, 15) is 19.4 Å². The molecule has 0 heterocycles. The third-order valence-corrected chi connectivity index (χ3v) is 7.71. The van der Waals surface area contributed by atoms with Crippen molar-refractivity contribution in [1.82, 2.24) is 0 Å². The summed E-state index contributed by atoms with van der Waals surface area (Å²) in [6.07, 6.45) is 2.94. The Bertz CT molecular complexity index is 989. The van der Waals surface area contributed by atoms with Crippen LogP contribution in [0.5, 0.6) is 11.5 Å². The van der Waals surface area contributed by atoms with E-state index in [1.54, 1.807) is 6.07 Å². The van der Waals surface area contributed by atoms with Crippen molar-refractivity contribution in [2.45, 2.75) is 52.7 Å². The lowest BCUT2D eigenvalue weighted by Crippen LogP contribution is -2.38. The number of anilines is 1. The fourth-order valence-corrected chi connectivity index (χ4v) is 5.21. The summed E-state index contributed by atoms with van der Waals surface area (Å²) in [4.78, 5) is 12.7. The second-order valence-corrected chi connectivity index (χ2v) is 9.36. The minimum Gasteiger partial charge on any atom is -0.508 e. The van der Waals surface area contributed by atoms with Gasteiger partial charge in [0.2, 0.25) is 0 Å². The minimum atomic E-state index is -0.517. The van der Waals surface area contributed by atoms with Crippen LogP contribution in [0.4, 0.5) is 10.1 Å². The SMILES string of the molecule is CC1(C)C2CCC1(C)C(OC(=O)c1ccc(NCc3cc(F)ccc3O)cc1O)C2. The number of nitrogens with one attached hydrogen (secondary N) is 1. The first-order valence-corrected chi connectivity index (χ1v) is 10.4. The Morgan fingerprint density at radius 1 is 1.17 bits per heavy atom. The summed E-state index contributed by atoms with van der Waals surface area (Å²) >= 11 is 0. The van der Waals surface area contributed by atoms with Gasteiger partial charge in [-0.15, -0.1) is 0 Å². The zero-order chi connectivity index (χ0) is 21.7. The largest absolute Gasteiger partial charge is 0.508 e. The minimum absolute atomic E-state index is 0.0180. The van der Waals surface area contributed by atoms with Gasteiger partial charge in [-0.05, 0) is 60.9 Å². The standard InChI is InChI=1S/C24H28FNO4/c1-23(2)15-8-9-24(23,3)21(11-15)30-22(29)18-6-5-17(12-20(18)28)26-13-14-10-16(25)4-7-19(14)27/h4-7,10,12,15,21,26-28H,8-9,11,13H2,1-3H3. The highest BCUT2D eigenvalue weighted by Gasteiger charge is 2.62. The highest BCUT2D eigenvalue weighted by Crippen LogP contribution is 2.66. The van der Waals surface area contributed by atoms with E-state index in [4.69, 9.17) is 4.74 Å². The Labute approximate surface area is 175 Å². The molecule has 3 unspecified atom stereocenters. The third kappa shape index (κ3) is 3.28. The van der Waals surface area contributed by atoms with Crippen molar-refractivity contribution < 1.29 is 24.1 Å². The van der Waals surface area contributed by atoms with Crippen LogP contribution in [0, 0.1) is 22.6 Å². The molecule has 0 radical (unpaired) electrons. The van der Waals surface area contributed by atoms with Gasteiger partial charge >= 0.3 is 5.97 Å². The maximum Gasteiger partial charge on any atom is 0.342 e. The maximum absolute atomic E-state index is 13.3. The van der Waals surface area contributed by atoms with Crippen LogP contribution in [0.2, 0.25) is 0 Å². The molecule has 2 aromatic rings. The number of carbonyl (C=O) groups is 1. The van der Waals surface area contributed by atoms with Gasteiger partial charge in [-0.3, -0.25) is 0 Å². The van der Waals surface area contributed by atoms with Crippen LogP contribution in [0.1, 0.15) is 56.0 Å². The van der Waals surface area contributed by atoms with Crippen molar-refractivity contribution in [3.63, 3.8) is 0 Å². The van der Waals surface area contributed by atoms with E-state index in [-0.39, 0.29) is 40.5 Å². The molecule has 0 aromatic heterocycles. The number of rotatable bonds is 5. The Kier molecular flexibility index (Phi) is 4.91. The average Bonchev–Trinajstić information content (AvgIpc) is 3.02. The van der Waals surface area contributed by atoms with Crippen LogP contribution in [0.15, 0.2) is 36.4 Å². The molecule has 2 fully saturated rings. The second kappa shape index (κ2) is 7.18. The number of esters is 1. The van der Waals surface area contributed by atoms with Crippen LogP contribution >= 0.6 is 0 Å². The molecule has 2 saturated carbocycles. The maximum atomic E-state index is 13.3. The van der Waals surface area contributed by atoms with Gasteiger partial charge in [0.15, 0.2) is 0 Å². The molecule has 4 rings (SSSR count). The topological polar surface area (TPSA) is 78.8 Å². The Morgan fingerprint density at radius 3 is 2.57 bits per heavy atom. The van der Waals surface area contributed by atoms with Crippen molar-refractivity contribution in [2.24, 2.45) is 16.7 Å². The lowest BCUT2D eigenvalue weighted by atomic mass is 9.70. The number of benzene rings is 2. The molecule has 160 valence electrons. The lowest BCUT2D eigenvalue weighted by molar-refractivity contribution is -0.0244. The van der Waals surface area contributed by atoms with E-state index in [0.717, 1.165) is 12.8 Å². The number of ether oxygens (including phenoxy) is 1. The molecule has 2 aromatic carbocycles. The summed E-state index contributed by atoms with van der Waals surface area (Å²) < 4.78 is 19.2. The molecular weight excluding hydrogens is 385 g/mol. The monoisotopic (exact) mass is 413 g/mol. The van der Waals surface area contributed by atoms with E-state index >= 15 is 0 Å². The summed E-state index contributed by atoms with van der Waals surface area (Å²) in [7, 11) is 0. The summed E-state index contributed by atoms with van der Waals surface area (Å²) in [6.45, 7) is 6.88. The molecule has 30 heavy (non-hydrogen) atoms. The number of carbonyl (C=O) groups excluding carboxylic acids is 1. The summed E-state index contributed by atoms with van der Waals surface area (Å²) in [6, 6.07) is 8.32. The molecule has 0 spiro atoms. The van der Waals surface area contributed by atoms with Gasteiger partial charge in [-0.1, -0.05) is 20.8 Å². The van der Waals surface area contributed by atoms with Crippen LogP contribution in [-0.2, 0) is 11.3 Å². The van der Waals surface area contributed by atoms with E-state index in [1.807, 2.05) is 0 Å². The molecule has 0 aliphatic heterocycles. The van der Waals surface area contributed by atoms with E-state index in [1.165, 1.54) is 36.8 Å². The van der Waals surface area contributed by atoms with Gasteiger partial charge in [0.1, 0.15) is 29.0 Å². The molecule has 6 heteroatoms. The van der Waals surface area contributed by atoms with Crippen LogP contribution < -0.4 is 5.32 Å². The average molecular weight is 413 g/mol. The van der Waals surface area contributed by atoms with Gasteiger partial charge in [0.05, 0.1) is 0 Å². The van der Waals surface area contributed by atoms with E-state index < -0.39 is 11.8 Å². The lowest BCUT2D eigenvalue weighted by Gasteiger charge is -2.38. The quantitative estimate of drug-likeness (QED) is 0.586. The molecule has 2 aliphatic carbocycles. The first-order chi connectivity index (χ1) is 14.1. The Morgan fingerprint density at radius 2 is 1.93 bits per heavy atom. The molecule has 3 N–H and O–H groups in total. The first-order valence-electron chi connectivity index (χ1n) is 10.4. The van der Waals surface area contributed by atoms with Gasteiger partial charge in [-0.25, -0.2) is 9.18 Å². The fraction of sp³-hybridized carbons (Fsp3) is 0.458. The number of aromatic hydroxyl groups is 2. The van der Waals surface area contributed by atoms with Crippen molar-refractivity contribution >= 4 is 11.7 Å². The van der Waals surface area contributed by atoms with Crippen molar-refractivity contribution in [2.75, 3.05) is 5.32 Å². The number of fused-ring (bicyclic) bond motifs is 2. The normalized spacial score (nSPS) is 26.5. The predicted octanol–water partition coefficient (Wildman–Crippen LogP) is 5.22. The van der Waals surface area contributed by atoms with Crippen molar-refractivity contribution in [1.29, 1.82) is 0 Å². The molecule has 2 aliphatic rings. The van der Waals surface area contributed by atoms with Gasteiger partial charge in [0.25, 0.3) is 0 Å². The first kappa shape index (κ1) is 20.5. The zero-order valence-corrected chi connectivity index (χ0v) is 17.5. The van der Waals surface area contributed by atoms with Crippen LogP contribution in [0.3, 0.4) is 0 Å². The Hall–Kier alpha value is -2.76. The van der Waals surface area contributed by atoms with Gasteiger partial charge in [-0.2, -0.15) is 0 Å². The summed E-state index contributed by atoms with van der Waals surface area (Å²) in [5, 5.41) is 23.2. The Balaban J connectivity index is 1.43. The van der Waals surface area contributed by atoms with E-state index in [2.05, 4.69) is 26.1 Å². The third-order valence-electron chi connectivity index (χ3n) is 7.71. The van der Waals surface area contributed by atoms with Crippen molar-refractivity contribution in [3.05, 3.63) is 53.3 Å². The summed E-state index contributed by atoms with van der Waals surface area (Å²) in [5.41, 5.74) is 1.15. The molecule has 0 amide bonds. The van der Waals surface area contributed by atoms with Crippen LogP contribution in [0.25, 0.3) is 0 Å². The van der Waals surface area contributed by atoms with Gasteiger partial charge in [0, 0.05) is 29.3 Å². The summed E-state index contributed by atoms with van der Waals surface area (Å²) in [5.74, 6) is -0.601. The van der Waals surface area contributed by atoms with Crippen molar-refractivity contribution in [3.8, 4) is 11.5 Å². The number of phenolic OH excluding ortho intramolecular Hbond substituents is 2. The molecule has 0 saturated heterocycles. The zero-order valence-electron chi connectivity index (χ0n) is 17.5. The smallest absolute Gasteiger partial charge is 0.342 e. The molecule has 3 atom stereocenters. The number of halogens is 1. The molecule has 2 bridgehead atoms. The predicted molar refractivity (Wildman–Crippen MR) is 112 cm³/mol. The van der Waals surface area contributed by atoms with Gasteiger partial charge < -0.3 is 20.3 Å². The van der Waals surface area contributed by atoms with E-state index in [0.29, 0.717) is 17.2 Å². The fourth-order valence-electron chi connectivity index (χ4n) is 5.21. The number of phenols is 2. The second-order valence-electron chi connectivity index (χ2n) is 9.36. The number of hydrogen-bond donors (Lipinski definition) is 3. The molecule has 5 nitrogen and oxygen atoms in total. The highest BCUT2D eigenvalue weighted by atomic mass is 19.1. The van der Waals surface area contributed by atoms with Crippen LogP contribution in [-0.4, -0.2) is 22.3 Å². The molecular formula is C24H28FNO4. The number of hydrogen-bond acceptors (Lipinski definition) is 5. The highest BCUT2D eigenvalue weighted by molar-refractivity contribution is 5.93.